The molecule has 2 aromatic rings. The van der Waals surface area contributed by atoms with Gasteiger partial charge >= 0.3 is 0 Å². The van der Waals surface area contributed by atoms with Crippen molar-refractivity contribution in [1.82, 2.24) is 0 Å². The van der Waals surface area contributed by atoms with Crippen LogP contribution in [0.5, 0.6) is 5.75 Å². The van der Waals surface area contributed by atoms with Crippen LogP contribution in [0.4, 0.5) is 0 Å². The molecule has 0 unspecified atom stereocenters. The lowest BCUT2D eigenvalue weighted by Gasteiger charge is -2.27. The van der Waals surface area contributed by atoms with Crippen LogP contribution in [0.3, 0.4) is 0 Å². The predicted molar refractivity (Wildman–Crippen MR) is 83.5 cm³/mol. The number of hydrogen-bond acceptors (Lipinski definition) is 1. The number of para-hydroxylation sites is 1. The van der Waals surface area contributed by atoms with Crippen LogP contribution in [0.1, 0.15) is 56.2 Å². The fourth-order valence-corrected chi connectivity index (χ4v) is 3.18. The van der Waals surface area contributed by atoms with Gasteiger partial charge in [0.2, 0.25) is 0 Å². The Bertz CT molecular complexity index is 608. The van der Waals surface area contributed by atoms with Crippen LogP contribution in [0, 0.1) is 0 Å². The van der Waals surface area contributed by atoms with Crippen molar-refractivity contribution in [3.63, 3.8) is 0 Å². The second-order valence-electron chi connectivity index (χ2n) is 6.50. The molecular formula is C19H22O. The summed E-state index contributed by atoms with van der Waals surface area (Å²) in [6.45, 7) is 8.81. The standard InChI is InChI=1S/C19H22O/c1-13(2)14-9-11-15(12-10-14)18-16-7-5-6-8-17(16)20-19(18,3)4/h5-13,18H,1-4H3/t18-/m1/s1. The lowest BCUT2D eigenvalue weighted by atomic mass is 9.81. The number of benzene rings is 2. The van der Waals surface area contributed by atoms with E-state index in [0.29, 0.717) is 11.8 Å². The minimum Gasteiger partial charge on any atom is -0.487 e. The van der Waals surface area contributed by atoms with Gasteiger partial charge in [-0.1, -0.05) is 56.3 Å². The minimum absolute atomic E-state index is 0.191. The fraction of sp³-hybridized carbons (Fsp3) is 0.368. The van der Waals surface area contributed by atoms with E-state index in [1.54, 1.807) is 0 Å². The number of ether oxygens (including phenoxy) is 1. The van der Waals surface area contributed by atoms with Crippen LogP contribution in [-0.4, -0.2) is 5.60 Å². The minimum atomic E-state index is -0.191. The molecule has 0 amide bonds. The highest BCUT2D eigenvalue weighted by Crippen LogP contribution is 2.47. The third kappa shape index (κ3) is 2.11. The summed E-state index contributed by atoms with van der Waals surface area (Å²) in [5.74, 6) is 1.90. The van der Waals surface area contributed by atoms with Crippen molar-refractivity contribution in [3.8, 4) is 5.75 Å². The van der Waals surface area contributed by atoms with Crippen LogP contribution in [0.2, 0.25) is 0 Å². The van der Waals surface area contributed by atoms with Crippen molar-refractivity contribution in [2.75, 3.05) is 0 Å². The average molecular weight is 266 g/mol. The van der Waals surface area contributed by atoms with Gasteiger partial charge in [0.1, 0.15) is 11.4 Å². The SMILES string of the molecule is CC(C)c1ccc([C@@H]2c3ccccc3OC2(C)C)cc1. The highest BCUT2D eigenvalue weighted by atomic mass is 16.5. The molecule has 1 aliphatic rings. The summed E-state index contributed by atoms with van der Waals surface area (Å²) in [6.07, 6.45) is 0. The molecule has 1 nitrogen and oxygen atoms in total. The van der Waals surface area contributed by atoms with Crippen LogP contribution < -0.4 is 4.74 Å². The largest absolute Gasteiger partial charge is 0.487 e. The van der Waals surface area contributed by atoms with Crippen molar-refractivity contribution in [3.05, 3.63) is 65.2 Å². The topological polar surface area (TPSA) is 9.23 Å². The van der Waals surface area contributed by atoms with Crippen molar-refractivity contribution < 1.29 is 4.74 Å². The van der Waals surface area contributed by atoms with E-state index in [4.69, 9.17) is 4.74 Å². The molecule has 0 radical (unpaired) electrons. The Morgan fingerprint density at radius 3 is 2.25 bits per heavy atom. The van der Waals surface area contributed by atoms with E-state index >= 15 is 0 Å². The quantitative estimate of drug-likeness (QED) is 0.733. The first-order valence-electron chi connectivity index (χ1n) is 7.37. The van der Waals surface area contributed by atoms with E-state index in [1.165, 1.54) is 16.7 Å². The third-order valence-corrected chi connectivity index (χ3v) is 4.23. The molecule has 0 aliphatic carbocycles. The smallest absolute Gasteiger partial charge is 0.124 e. The van der Waals surface area contributed by atoms with Gasteiger partial charge in [-0.25, -0.2) is 0 Å². The Labute approximate surface area is 121 Å². The van der Waals surface area contributed by atoms with Crippen molar-refractivity contribution in [2.45, 2.75) is 45.1 Å². The molecular weight excluding hydrogens is 244 g/mol. The molecule has 3 rings (SSSR count). The van der Waals surface area contributed by atoms with Gasteiger partial charge in [0.05, 0.1) is 5.92 Å². The first kappa shape index (κ1) is 13.2. The van der Waals surface area contributed by atoms with Crippen LogP contribution in [-0.2, 0) is 0 Å². The van der Waals surface area contributed by atoms with Gasteiger partial charge in [0, 0.05) is 5.56 Å². The molecule has 0 bridgehead atoms. The second kappa shape index (κ2) is 4.66. The van der Waals surface area contributed by atoms with E-state index in [-0.39, 0.29) is 5.60 Å². The Balaban J connectivity index is 2.04. The van der Waals surface area contributed by atoms with Gasteiger partial charge < -0.3 is 4.74 Å². The number of rotatable bonds is 2. The molecule has 104 valence electrons. The first-order valence-corrected chi connectivity index (χ1v) is 7.37. The molecule has 1 heterocycles. The summed E-state index contributed by atoms with van der Waals surface area (Å²) < 4.78 is 6.14. The zero-order chi connectivity index (χ0) is 14.3. The van der Waals surface area contributed by atoms with Crippen molar-refractivity contribution >= 4 is 0 Å². The van der Waals surface area contributed by atoms with E-state index in [0.717, 1.165) is 5.75 Å². The lowest BCUT2D eigenvalue weighted by molar-refractivity contribution is 0.122. The molecule has 0 aromatic heterocycles. The summed E-state index contributed by atoms with van der Waals surface area (Å²) >= 11 is 0. The Morgan fingerprint density at radius 1 is 0.950 bits per heavy atom. The first-order chi connectivity index (χ1) is 9.49. The highest BCUT2D eigenvalue weighted by Gasteiger charge is 2.41. The molecule has 0 fully saturated rings. The molecule has 2 aromatic carbocycles. The predicted octanol–water partition coefficient (Wildman–Crippen LogP) is 5.11. The van der Waals surface area contributed by atoms with Crippen LogP contribution in [0.15, 0.2) is 48.5 Å². The van der Waals surface area contributed by atoms with E-state index in [2.05, 4.69) is 70.2 Å². The molecule has 0 spiro atoms. The zero-order valence-electron chi connectivity index (χ0n) is 12.7. The fourth-order valence-electron chi connectivity index (χ4n) is 3.18. The summed E-state index contributed by atoms with van der Waals surface area (Å²) in [5.41, 5.74) is 3.83. The molecule has 0 N–H and O–H groups in total. The Kier molecular flexibility index (Phi) is 3.08. The van der Waals surface area contributed by atoms with E-state index in [9.17, 15) is 0 Å². The highest BCUT2D eigenvalue weighted by molar-refractivity contribution is 5.49. The molecule has 1 aliphatic heterocycles. The maximum atomic E-state index is 6.14. The van der Waals surface area contributed by atoms with Gasteiger partial charge in [0.15, 0.2) is 0 Å². The monoisotopic (exact) mass is 266 g/mol. The van der Waals surface area contributed by atoms with Crippen molar-refractivity contribution in [2.24, 2.45) is 0 Å². The second-order valence-corrected chi connectivity index (χ2v) is 6.50. The normalized spacial score (nSPS) is 19.8. The molecule has 1 heteroatoms. The van der Waals surface area contributed by atoms with Crippen LogP contribution in [0.25, 0.3) is 0 Å². The molecule has 0 saturated carbocycles. The van der Waals surface area contributed by atoms with Crippen molar-refractivity contribution in [1.29, 1.82) is 0 Å². The summed E-state index contributed by atoms with van der Waals surface area (Å²) in [6, 6.07) is 17.4. The van der Waals surface area contributed by atoms with Gasteiger partial charge in [-0.05, 0) is 37.0 Å². The molecule has 1 atom stereocenters. The summed E-state index contributed by atoms with van der Waals surface area (Å²) in [5, 5.41) is 0. The lowest BCUT2D eigenvalue weighted by Crippen LogP contribution is -2.30. The number of fused-ring (bicyclic) bond motifs is 1. The van der Waals surface area contributed by atoms with E-state index < -0.39 is 0 Å². The maximum Gasteiger partial charge on any atom is 0.124 e. The molecule has 20 heavy (non-hydrogen) atoms. The average Bonchev–Trinajstić information content (AvgIpc) is 2.68. The summed E-state index contributed by atoms with van der Waals surface area (Å²) in [7, 11) is 0. The van der Waals surface area contributed by atoms with Gasteiger partial charge in [-0.2, -0.15) is 0 Å². The Hall–Kier alpha value is -1.76. The van der Waals surface area contributed by atoms with Gasteiger partial charge in [-0.3, -0.25) is 0 Å². The third-order valence-electron chi connectivity index (χ3n) is 4.23. The van der Waals surface area contributed by atoms with Gasteiger partial charge in [-0.15, -0.1) is 0 Å². The maximum absolute atomic E-state index is 6.14. The molecule has 0 saturated heterocycles. The van der Waals surface area contributed by atoms with Crippen LogP contribution >= 0.6 is 0 Å². The number of hydrogen-bond donors (Lipinski definition) is 0. The zero-order valence-corrected chi connectivity index (χ0v) is 12.7. The van der Waals surface area contributed by atoms with Gasteiger partial charge in [0.25, 0.3) is 0 Å². The van der Waals surface area contributed by atoms with E-state index in [1.807, 2.05) is 6.07 Å². The Morgan fingerprint density at radius 2 is 1.60 bits per heavy atom. The summed E-state index contributed by atoms with van der Waals surface area (Å²) in [4.78, 5) is 0.